The molecule has 5 heteroatoms. The molecule has 1 heterocycles. The zero-order chi connectivity index (χ0) is 12.4. The van der Waals surface area contributed by atoms with Gasteiger partial charge in [-0.2, -0.15) is 0 Å². The van der Waals surface area contributed by atoms with Crippen molar-refractivity contribution in [2.45, 2.75) is 13.3 Å². The highest BCUT2D eigenvalue weighted by Crippen LogP contribution is 2.29. The first-order chi connectivity index (χ1) is 8.11. The predicted molar refractivity (Wildman–Crippen MR) is 65.9 cm³/mol. The van der Waals surface area contributed by atoms with Crippen LogP contribution in [0.4, 0.5) is 14.5 Å². The number of nitrogens with zero attached hydrogens (tertiary/aromatic N) is 1. The third-order valence-corrected chi connectivity index (χ3v) is 2.62. The van der Waals surface area contributed by atoms with Crippen molar-refractivity contribution in [3.05, 3.63) is 35.0 Å². The topological polar surface area (TPSA) is 24.9 Å². The van der Waals surface area contributed by atoms with Gasteiger partial charge in [0, 0.05) is 22.6 Å². The molecule has 1 aromatic carbocycles. The Bertz CT molecular complexity index is 543. The van der Waals surface area contributed by atoms with E-state index in [0.29, 0.717) is 22.8 Å². The van der Waals surface area contributed by atoms with E-state index in [4.69, 9.17) is 11.6 Å². The van der Waals surface area contributed by atoms with E-state index in [1.165, 1.54) is 6.07 Å². The Hall–Kier alpha value is -1.42. The number of fused-ring (bicyclic) bond motifs is 1. The zero-order valence-electron chi connectivity index (χ0n) is 9.17. The summed E-state index contributed by atoms with van der Waals surface area (Å²) in [6.07, 6.45) is -2.58. The van der Waals surface area contributed by atoms with Crippen molar-refractivity contribution >= 4 is 28.2 Å². The van der Waals surface area contributed by atoms with Crippen LogP contribution in [0.1, 0.15) is 19.0 Å². The highest BCUT2D eigenvalue weighted by atomic mass is 35.5. The number of benzene rings is 1. The van der Waals surface area contributed by atoms with Crippen molar-refractivity contribution < 1.29 is 8.78 Å². The predicted octanol–water partition coefficient (Wildman–Crippen LogP) is 4.26. The molecular weight excluding hydrogens is 246 g/mol. The van der Waals surface area contributed by atoms with Crippen molar-refractivity contribution in [3.63, 3.8) is 0 Å². The molecule has 0 radical (unpaired) electrons. The molecule has 90 valence electrons. The molecule has 2 rings (SSSR count). The van der Waals surface area contributed by atoms with E-state index in [1.54, 1.807) is 18.2 Å². The minimum Gasteiger partial charge on any atom is -0.385 e. The molecule has 0 aliphatic carbocycles. The number of hydrogen-bond donors (Lipinski definition) is 1. The molecule has 17 heavy (non-hydrogen) atoms. The Morgan fingerprint density at radius 3 is 2.76 bits per heavy atom. The zero-order valence-corrected chi connectivity index (χ0v) is 9.93. The number of alkyl halides is 2. The molecule has 0 atom stereocenters. The fourth-order valence-electron chi connectivity index (χ4n) is 1.67. The maximum Gasteiger partial charge on any atom is 0.280 e. The van der Waals surface area contributed by atoms with Crippen LogP contribution in [-0.2, 0) is 0 Å². The lowest BCUT2D eigenvalue weighted by Gasteiger charge is -2.10. The first-order valence-electron chi connectivity index (χ1n) is 5.24. The molecule has 1 aromatic heterocycles. The Kier molecular flexibility index (Phi) is 3.43. The summed E-state index contributed by atoms with van der Waals surface area (Å²) in [5.74, 6) is 0. The lowest BCUT2D eigenvalue weighted by molar-refractivity contribution is 0.146. The first kappa shape index (κ1) is 12.0. The Morgan fingerprint density at radius 1 is 1.35 bits per heavy atom. The van der Waals surface area contributed by atoms with Crippen LogP contribution < -0.4 is 5.32 Å². The van der Waals surface area contributed by atoms with E-state index in [-0.39, 0.29) is 5.69 Å². The molecule has 0 amide bonds. The monoisotopic (exact) mass is 256 g/mol. The summed E-state index contributed by atoms with van der Waals surface area (Å²) >= 11 is 5.89. The van der Waals surface area contributed by atoms with Gasteiger partial charge in [0.25, 0.3) is 6.43 Å². The molecule has 2 aromatic rings. The van der Waals surface area contributed by atoms with E-state index in [0.717, 1.165) is 5.39 Å². The van der Waals surface area contributed by atoms with Crippen molar-refractivity contribution in [2.24, 2.45) is 0 Å². The van der Waals surface area contributed by atoms with Gasteiger partial charge >= 0.3 is 0 Å². The van der Waals surface area contributed by atoms with Gasteiger partial charge in [-0.05, 0) is 31.2 Å². The molecule has 0 bridgehead atoms. The first-order valence-corrected chi connectivity index (χ1v) is 5.62. The number of halogens is 3. The number of aromatic nitrogens is 1. The minimum absolute atomic E-state index is 0.226. The van der Waals surface area contributed by atoms with Gasteiger partial charge < -0.3 is 5.32 Å². The number of rotatable bonds is 3. The molecule has 0 aliphatic rings. The van der Waals surface area contributed by atoms with Gasteiger partial charge in [-0.15, -0.1) is 0 Å². The average molecular weight is 257 g/mol. The highest BCUT2D eigenvalue weighted by molar-refractivity contribution is 6.31. The van der Waals surface area contributed by atoms with Crippen LogP contribution in [0, 0.1) is 0 Å². The summed E-state index contributed by atoms with van der Waals surface area (Å²) in [6.45, 7) is 2.55. The maximum absolute atomic E-state index is 12.7. The van der Waals surface area contributed by atoms with E-state index < -0.39 is 6.43 Å². The van der Waals surface area contributed by atoms with Crippen molar-refractivity contribution in [1.82, 2.24) is 4.98 Å². The van der Waals surface area contributed by atoms with Gasteiger partial charge in [0.15, 0.2) is 0 Å². The third kappa shape index (κ3) is 2.47. The van der Waals surface area contributed by atoms with E-state index in [9.17, 15) is 8.78 Å². The maximum atomic E-state index is 12.7. The van der Waals surface area contributed by atoms with Crippen molar-refractivity contribution in [1.29, 1.82) is 0 Å². The van der Waals surface area contributed by atoms with E-state index in [2.05, 4.69) is 10.3 Å². The summed E-state index contributed by atoms with van der Waals surface area (Å²) in [4.78, 5) is 3.91. The number of nitrogens with one attached hydrogen (secondary N) is 1. The van der Waals surface area contributed by atoms with Crippen LogP contribution in [0.25, 0.3) is 10.9 Å². The Morgan fingerprint density at radius 2 is 2.12 bits per heavy atom. The highest BCUT2D eigenvalue weighted by Gasteiger charge is 2.13. The molecule has 0 aliphatic heterocycles. The van der Waals surface area contributed by atoms with E-state index >= 15 is 0 Å². The molecule has 0 spiro atoms. The lowest BCUT2D eigenvalue weighted by Crippen LogP contribution is -2.01. The van der Waals surface area contributed by atoms with Gasteiger partial charge in [-0.1, -0.05) is 11.6 Å². The Labute approximate surface area is 103 Å². The summed E-state index contributed by atoms with van der Waals surface area (Å²) in [5, 5.41) is 4.35. The standard InChI is InChI=1S/C12H11ClF2N2/c1-2-16-10-6-11(12(14)15)17-9-4-3-7(13)5-8(9)10/h3-6,12H,2H2,1H3,(H,16,17). The van der Waals surface area contributed by atoms with Crippen LogP contribution in [-0.4, -0.2) is 11.5 Å². The van der Waals surface area contributed by atoms with Crippen LogP contribution in [0.3, 0.4) is 0 Å². The summed E-state index contributed by atoms with van der Waals surface area (Å²) in [6, 6.07) is 6.37. The SMILES string of the molecule is CCNc1cc(C(F)F)nc2ccc(Cl)cc12. The van der Waals surface area contributed by atoms with Crippen LogP contribution >= 0.6 is 11.6 Å². The average Bonchev–Trinajstić information content (AvgIpc) is 2.29. The van der Waals surface area contributed by atoms with Crippen LogP contribution in [0.5, 0.6) is 0 Å². The van der Waals surface area contributed by atoms with E-state index in [1.807, 2.05) is 6.92 Å². The van der Waals surface area contributed by atoms with Gasteiger partial charge in [0.05, 0.1) is 5.52 Å². The Balaban J connectivity index is 2.67. The fraction of sp³-hybridized carbons (Fsp3) is 0.250. The molecule has 0 saturated carbocycles. The van der Waals surface area contributed by atoms with Gasteiger partial charge in [0.1, 0.15) is 5.69 Å². The minimum atomic E-state index is -2.58. The number of hydrogen-bond acceptors (Lipinski definition) is 2. The number of anilines is 1. The second kappa shape index (κ2) is 4.84. The molecular formula is C12H11ClF2N2. The second-order valence-corrected chi connectivity index (χ2v) is 4.02. The number of pyridine rings is 1. The summed E-state index contributed by atoms with van der Waals surface area (Å²) in [7, 11) is 0. The molecule has 2 nitrogen and oxygen atoms in total. The third-order valence-electron chi connectivity index (χ3n) is 2.38. The van der Waals surface area contributed by atoms with Gasteiger partial charge in [-0.25, -0.2) is 13.8 Å². The smallest absolute Gasteiger partial charge is 0.280 e. The quantitative estimate of drug-likeness (QED) is 0.888. The lowest BCUT2D eigenvalue weighted by atomic mass is 10.1. The summed E-state index contributed by atoms with van der Waals surface area (Å²) in [5.41, 5.74) is 0.925. The molecule has 1 N–H and O–H groups in total. The molecule has 0 unspecified atom stereocenters. The fourth-order valence-corrected chi connectivity index (χ4v) is 1.84. The van der Waals surface area contributed by atoms with Crippen molar-refractivity contribution in [3.8, 4) is 0 Å². The molecule has 0 fully saturated rings. The summed E-state index contributed by atoms with van der Waals surface area (Å²) < 4.78 is 25.4. The van der Waals surface area contributed by atoms with Gasteiger partial charge in [-0.3, -0.25) is 0 Å². The van der Waals surface area contributed by atoms with Gasteiger partial charge in [0.2, 0.25) is 0 Å². The molecule has 0 saturated heterocycles. The van der Waals surface area contributed by atoms with Crippen LogP contribution in [0.15, 0.2) is 24.3 Å². The normalized spacial score (nSPS) is 11.1. The largest absolute Gasteiger partial charge is 0.385 e. The van der Waals surface area contributed by atoms with Crippen LogP contribution in [0.2, 0.25) is 5.02 Å². The van der Waals surface area contributed by atoms with Crippen molar-refractivity contribution in [2.75, 3.05) is 11.9 Å². The second-order valence-electron chi connectivity index (χ2n) is 3.59.